The summed E-state index contributed by atoms with van der Waals surface area (Å²) in [7, 11) is 0. The predicted molar refractivity (Wildman–Crippen MR) is 121 cm³/mol. The molecule has 2 aliphatic heterocycles. The number of carbonyl (C=O) groups excluding carboxylic acids is 2. The molecule has 0 spiro atoms. The van der Waals surface area contributed by atoms with E-state index in [0.29, 0.717) is 49.9 Å². The van der Waals surface area contributed by atoms with Crippen molar-refractivity contribution in [2.24, 2.45) is 0 Å². The van der Waals surface area contributed by atoms with Gasteiger partial charge in [-0.05, 0) is 56.5 Å². The van der Waals surface area contributed by atoms with Crippen LogP contribution in [0.15, 0.2) is 24.3 Å². The fourth-order valence-electron chi connectivity index (χ4n) is 4.45. The maximum Gasteiger partial charge on any atom is 0.251 e. The number of amides is 2. The van der Waals surface area contributed by atoms with Crippen molar-refractivity contribution in [2.75, 3.05) is 44.6 Å². The van der Waals surface area contributed by atoms with E-state index in [1.165, 1.54) is 12.1 Å². The van der Waals surface area contributed by atoms with Gasteiger partial charge in [-0.25, -0.2) is 4.39 Å². The van der Waals surface area contributed by atoms with Crippen LogP contribution in [0.2, 0.25) is 0 Å². The van der Waals surface area contributed by atoms with E-state index < -0.39 is 0 Å². The maximum absolute atomic E-state index is 13.4. The standard InChI is InChI=1S/C24H28FN5O3/c1-16-17(2)30(19-7-5-18(25)6-8-19)23(20(16)14-26)27-22(31)15-28-9-11-29(12-10-28)24(32)21-4-3-13-33-21/h5-8,21H,3-4,9-13,15H2,1-2H3,(H,27,31). The first-order chi connectivity index (χ1) is 15.9. The van der Waals surface area contributed by atoms with Crippen LogP contribution in [0.3, 0.4) is 0 Å². The number of piperazine rings is 1. The lowest BCUT2D eigenvalue weighted by molar-refractivity contribution is -0.142. The molecule has 1 unspecified atom stereocenters. The third kappa shape index (κ3) is 4.77. The quantitative estimate of drug-likeness (QED) is 0.751. The Morgan fingerprint density at radius 2 is 1.88 bits per heavy atom. The van der Waals surface area contributed by atoms with Crippen molar-refractivity contribution in [3.63, 3.8) is 0 Å². The number of nitrogens with one attached hydrogen (secondary N) is 1. The van der Waals surface area contributed by atoms with Gasteiger partial charge in [0.2, 0.25) is 5.91 Å². The van der Waals surface area contributed by atoms with E-state index in [-0.39, 0.29) is 30.3 Å². The van der Waals surface area contributed by atoms with Crippen LogP contribution in [0, 0.1) is 31.0 Å². The van der Waals surface area contributed by atoms with Gasteiger partial charge in [-0.3, -0.25) is 19.1 Å². The van der Waals surface area contributed by atoms with Crippen LogP contribution >= 0.6 is 0 Å². The summed E-state index contributed by atoms with van der Waals surface area (Å²) in [4.78, 5) is 29.2. The molecule has 174 valence electrons. The number of aromatic nitrogens is 1. The number of nitriles is 1. The minimum Gasteiger partial charge on any atom is -0.368 e. The Labute approximate surface area is 192 Å². The Morgan fingerprint density at radius 1 is 1.18 bits per heavy atom. The Hall–Kier alpha value is -3.22. The molecular formula is C24H28FN5O3. The Kier molecular flexibility index (Phi) is 6.77. The highest BCUT2D eigenvalue weighted by Gasteiger charge is 2.31. The topological polar surface area (TPSA) is 90.6 Å². The van der Waals surface area contributed by atoms with E-state index in [4.69, 9.17) is 4.74 Å². The fraction of sp³-hybridized carbons (Fsp3) is 0.458. The normalized spacial score (nSPS) is 18.8. The zero-order chi connectivity index (χ0) is 23.5. The van der Waals surface area contributed by atoms with Gasteiger partial charge in [0.05, 0.1) is 12.1 Å². The first kappa shape index (κ1) is 23.0. The highest BCUT2D eigenvalue weighted by Crippen LogP contribution is 2.30. The van der Waals surface area contributed by atoms with Crippen LogP contribution < -0.4 is 5.32 Å². The molecule has 2 saturated heterocycles. The number of anilines is 1. The molecule has 2 amide bonds. The fourth-order valence-corrected chi connectivity index (χ4v) is 4.45. The van der Waals surface area contributed by atoms with E-state index in [1.807, 2.05) is 23.6 Å². The Morgan fingerprint density at radius 3 is 2.48 bits per heavy atom. The van der Waals surface area contributed by atoms with E-state index in [0.717, 1.165) is 24.1 Å². The van der Waals surface area contributed by atoms with Crippen molar-refractivity contribution >= 4 is 17.6 Å². The minimum absolute atomic E-state index is 0.0401. The summed E-state index contributed by atoms with van der Waals surface area (Å²) in [6.45, 7) is 6.77. The van der Waals surface area contributed by atoms with Gasteiger partial charge in [-0.1, -0.05) is 0 Å². The van der Waals surface area contributed by atoms with Gasteiger partial charge in [0.25, 0.3) is 5.91 Å². The lowest BCUT2D eigenvalue weighted by Gasteiger charge is -2.35. The van der Waals surface area contributed by atoms with Crippen LogP contribution in [0.25, 0.3) is 5.69 Å². The smallest absolute Gasteiger partial charge is 0.251 e. The average Bonchev–Trinajstić information content (AvgIpc) is 3.42. The van der Waals surface area contributed by atoms with Crippen LogP contribution in [0.5, 0.6) is 0 Å². The zero-order valence-electron chi connectivity index (χ0n) is 18.9. The lowest BCUT2D eigenvalue weighted by Crippen LogP contribution is -2.52. The molecule has 4 rings (SSSR count). The molecule has 1 atom stereocenters. The monoisotopic (exact) mass is 453 g/mol. The van der Waals surface area contributed by atoms with Crippen molar-refractivity contribution in [2.45, 2.75) is 32.8 Å². The van der Waals surface area contributed by atoms with Gasteiger partial charge >= 0.3 is 0 Å². The van der Waals surface area contributed by atoms with Crippen molar-refractivity contribution in [3.8, 4) is 11.8 Å². The maximum atomic E-state index is 13.4. The largest absolute Gasteiger partial charge is 0.368 e. The molecule has 3 heterocycles. The molecule has 33 heavy (non-hydrogen) atoms. The van der Waals surface area contributed by atoms with Crippen LogP contribution in [0.4, 0.5) is 10.2 Å². The minimum atomic E-state index is -0.358. The predicted octanol–water partition coefficient (Wildman–Crippen LogP) is 2.37. The molecule has 9 heteroatoms. The van der Waals surface area contributed by atoms with E-state index in [1.54, 1.807) is 16.7 Å². The molecule has 0 saturated carbocycles. The summed E-state index contributed by atoms with van der Waals surface area (Å²) in [5.41, 5.74) is 2.61. The summed E-state index contributed by atoms with van der Waals surface area (Å²) in [5, 5.41) is 12.6. The molecule has 0 aliphatic carbocycles. The number of hydrogen-bond donors (Lipinski definition) is 1. The Bertz CT molecular complexity index is 1070. The van der Waals surface area contributed by atoms with Gasteiger partial charge in [0, 0.05) is 44.2 Å². The van der Waals surface area contributed by atoms with E-state index >= 15 is 0 Å². The van der Waals surface area contributed by atoms with Gasteiger partial charge in [0.15, 0.2) is 0 Å². The van der Waals surface area contributed by atoms with Gasteiger partial charge < -0.3 is 15.0 Å². The Balaban J connectivity index is 1.43. The highest BCUT2D eigenvalue weighted by atomic mass is 19.1. The second kappa shape index (κ2) is 9.73. The van der Waals surface area contributed by atoms with Crippen LogP contribution in [-0.2, 0) is 14.3 Å². The van der Waals surface area contributed by atoms with Crippen molar-refractivity contribution < 1.29 is 18.7 Å². The number of hydrogen-bond acceptors (Lipinski definition) is 5. The highest BCUT2D eigenvalue weighted by molar-refractivity contribution is 5.93. The number of carbonyl (C=O) groups is 2. The summed E-state index contributed by atoms with van der Waals surface area (Å²) in [5.74, 6) is -0.176. The molecule has 0 bridgehead atoms. The van der Waals surface area contributed by atoms with Gasteiger partial charge in [-0.2, -0.15) is 5.26 Å². The number of benzene rings is 1. The van der Waals surface area contributed by atoms with Gasteiger partial charge in [-0.15, -0.1) is 0 Å². The second-order valence-corrected chi connectivity index (χ2v) is 8.51. The van der Waals surface area contributed by atoms with Crippen LogP contribution in [-0.4, -0.2) is 71.6 Å². The van der Waals surface area contributed by atoms with Crippen molar-refractivity contribution in [1.29, 1.82) is 5.26 Å². The van der Waals surface area contributed by atoms with Gasteiger partial charge in [0.1, 0.15) is 23.8 Å². The molecule has 2 aromatic rings. The first-order valence-electron chi connectivity index (χ1n) is 11.2. The van der Waals surface area contributed by atoms with Crippen molar-refractivity contribution in [1.82, 2.24) is 14.4 Å². The summed E-state index contributed by atoms with van der Waals surface area (Å²) in [6, 6.07) is 8.10. The van der Waals surface area contributed by atoms with Crippen LogP contribution in [0.1, 0.15) is 29.7 Å². The summed E-state index contributed by atoms with van der Waals surface area (Å²) in [6.07, 6.45) is 1.37. The average molecular weight is 454 g/mol. The number of rotatable bonds is 5. The third-order valence-corrected chi connectivity index (χ3v) is 6.42. The summed E-state index contributed by atoms with van der Waals surface area (Å²) < 4.78 is 20.7. The van der Waals surface area contributed by atoms with E-state index in [2.05, 4.69) is 11.4 Å². The second-order valence-electron chi connectivity index (χ2n) is 8.51. The lowest BCUT2D eigenvalue weighted by atomic mass is 10.2. The third-order valence-electron chi connectivity index (χ3n) is 6.42. The number of nitrogens with zero attached hydrogens (tertiary/aromatic N) is 4. The van der Waals surface area contributed by atoms with Crippen molar-refractivity contribution in [3.05, 3.63) is 46.9 Å². The molecule has 1 aromatic carbocycles. The molecular weight excluding hydrogens is 425 g/mol. The van der Waals surface area contributed by atoms with E-state index in [9.17, 15) is 19.2 Å². The number of halogens is 1. The zero-order valence-corrected chi connectivity index (χ0v) is 18.9. The molecule has 2 aliphatic rings. The molecule has 8 nitrogen and oxygen atoms in total. The summed E-state index contributed by atoms with van der Waals surface area (Å²) >= 11 is 0. The molecule has 1 aromatic heterocycles. The number of ether oxygens (including phenoxy) is 1. The molecule has 0 radical (unpaired) electrons. The molecule has 2 fully saturated rings. The SMILES string of the molecule is Cc1c(C#N)c(NC(=O)CN2CCN(C(=O)C3CCCO3)CC2)n(-c2ccc(F)cc2)c1C. The molecule has 1 N–H and O–H groups in total. The first-order valence-corrected chi connectivity index (χ1v) is 11.2.